The summed E-state index contributed by atoms with van der Waals surface area (Å²) in [6.07, 6.45) is 2.16. The predicted molar refractivity (Wildman–Crippen MR) is 88.2 cm³/mol. The molecular formula is C15H18Cl3NO3. The molecule has 1 aromatic carbocycles. The third-order valence-electron chi connectivity index (χ3n) is 3.51. The molecule has 1 aliphatic rings. The number of hydrogen-bond acceptors (Lipinski definition) is 3. The first-order valence-corrected chi connectivity index (χ1v) is 8.31. The monoisotopic (exact) mass is 365 g/mol. The maximum Gasteiger partial charge on any atom is 0.260 e. The van der Waals surface area contributed by atoms with Crippen molar-refractivity contribution in [2.24, 2.45) is 0 Å². The van der Waals surface area contributed by atoms with Gasteiger partial charge in [-0.1, -0.05) is 34.8 Å². The Morgan fingerprint density at radius 1 is 1.32 bits per heavy atom. The van der Waals surface area contributed by atoms with Gasteiger partial charge in [-0.2, -0.15) is 0 Å². The van der Waals surface area contributed by atoms with Crippen molar-refractivity contribution >= 4 is 40.7 Å². The zero-order valence-corrected chi connectivity index (χ0v) is 14.5. The van der Waals surface area contributed by atoms with Crippen LogP contribution in [0.2, 0.25) is 15.1 Å². The van der Waals surface area contributed by atoms with Gasteiger partial charge in [-0.3, -0.25) is 4.79 Å². The Morgan fingerprint density at radius 2 is 2.05 bits per heavy atom. The maximum atomic E-state index is 12.2. The van der Waals surface area contributed by atoms with Gasteiger partial charge in [0.1, 0.15) is 5.75 Å². The fourth-order valence-electron chi connectivity index (χ4n) is 2.29. The van der Waals surface area contributed by atoms with Crippen molar-refractivity contribution < 1.29 is 14.3 Å². The van der Waals surface area contributed by atoms with Crippen LogP contribution in [0.25, 0.3) is 0 Å². The molecule has 2 rings (SSSR count). The van der Waals surface area contributed by atoms with E-state index < -0.39 is 0 Å². The lowest BCUT2D eigenvalue weighted by atomic mass is 10.2. The number of carbonyl (C=O) groups excluding carboxylic acids is 1. The summed E-state index contributed by atoms with van der Waals surface area (Å²) in [6, 6.07) is 3.01. The standard InChI is InChI=1S/C15H18Cl3NO3/c1-2-19(8-10-4-3-5-21-10)15(20)9-22-14-7-12(17)11(16)6-13(14)18/h6-7,10H,2-5,8-9H2,1H3. The maximum absolute atomic E-state index is 12.2. The lowest BCUT2D eigenvalue weighted by Gasteiger charge is -2.24. The van der Waals surface area contributed by atoms with Crippen LogP contribution in [-0.2, 0) is 9.53 Å². The molecule has 22 heavy (non-hydrogen) atoms. The molecule has 0 radical (unpaired) electrons. The van der Waals surface area contributed by atoms with E-state index in [1.165, 1.54) is 12.1 Å². The predicted octanol–water partition coefficient (Wildman–Crippen LogP) is 4.05. The van der Waals surface area contributed by atoms with Crippen molar-refractivity contribution in [1.82, 2.24) is 4.90 Å². The first-order chi connectivity index (χ1) is 10.5. The van der Waals surface area contributed by atoms with Crippen molar-refractivity contribution in [3.63, 3.8) is 0 Å². The third-order valence-corrected chi connectivity index (χ3v) is 4.53. The molecule has 0 spiro atoms. The van der Waals surface area contributed by atoms with Crippen LogP contribution in [0.15, 0.2) is 12.1 Å². The highest BCUT2D eigenvalue weighted by Gasteiger charge is 2.22. The molecular weight excluding hydrogens is 349 g/mol. The second-order valence-corrected chi connectivity index (χ2v) is 6.27. The van der Waals surface area contributed by atoms with E-state index in [9.17, 15) is 4.79 Å². The van der Waals surface area contributed by atoms with Crippen molar-refractivity contribution in [2.45, 2.75) is 25.9 Å². The minimum Gasteiger partial charge on any atom is -0.482 e. The van der Waals surface area contributed by atoms with E-state index in [1.54, 1.807) is 4.90 Å². The highest BCUT2D eigenvalue weighted by molar-refractivity contribution is 6.43. The summed E-state index contributed by atoms with van der Waals surface area (Å²) >= 11 is 17.8. The minimum atomic E-state index is -0.111. The summed E-state index contributed by atoms with van der Waals surface area (Å²) in [5, 5.41) is 1.00. The summed E-state index contributed by atoms with van der Waals surface area (Å²) < 4.78 is 11.0. The zero-order valence-electron chi connectivity index (χ0n) is 12.3. The van der Waals surface area contributed by atoms with Crippen LogP contribution in [-0.4, -0.2) is 43.2 Å². The first-order valence-electron chi connectivity index (χ1n) is 7.18. The average Bonchev–Trinajstić information content (AvgIpc) is 3.00. The number of halogens is 3. The molecule has 0 saturated carbocycles. The number of amides is 1. The summed E-state index contributed by atoms with van der Waals surface area (Å²) in [5.41, 5.74) is 0. The Morgan fingerprint density at radius 3 is 2.68 bits per heavy atom. The fourth-order valence-corrected chi connectivity index (χ4v) is 2.88. The Balaban J connectivity index is 1.91. The third kappa shape index (κ3) is 4.66. The molecule has 0 aliphatic carbocycles. The summed E-state index contributed by atoms with van der Waals surface area (Å²) in [6.45, 7) is 3.80. The Labute approximate surface area is 145 Å². The summed E-state index contributed by atoms with van der Waals surface area (Å²) in [5.74, 6) is 0.234. The van der Waals surface area contributed by atoms with Crippen molar-refractivity contribution in [3.8, 4) is 5.75 Å². The fraction of sp³-hybridized carbons (Fsp3) is 0.533. The van der Waals surface area contributed by atoms with Crippen LogP contribution >= 0.6 is 34.8 Å². The van der Waals surface area contributed by atoms with E-state index in [1.807, 2.05) is 6.92 Å². The second kappa shape index (κ2) is 8.25. The van der Waals surface area contributed by atoms with Gasteiger partial charge < -0.3 is 14.4 Å². The molecule has 1 amide bonds. The van der Waals surface area contributed by atoms with E-state index in [0.29, 0.717) is 33.9 Å². The molecule has 0 N–H and O–H groups in total. The van der Waals surface area contributed by atoms with Crippen molar-refractivity contribution in [3.05, 3.63) is 27.2 Å². The van der Waals surface area contributed by atoms with E-state index in [-0.39, 0.29) is 18.6 Å². The van der Waals surface area contributed by atoms with Crippen LogP contribution in [0.1, 0.15) is 19.8 Å². The molecule has 122 valence electrons. The SMILES string of the molecule is CCN(CC1CCCO1)C(=O)COc1cc(Cl)c(Cl)cc1Cl. The highest BCUT2D eigenvalue weighted by atomic mass is 35.5. The van der Waals surface area contributed by atoms with Gasteiger partial charge in [-0.25, -0.2) is 0 Å². The van der Waals surface area contributed by atoms with Gasteiger partial charge >= 0.3 is 0 Å². The number of nitrogens with zero attached hydrogens (tertiary/aromatic N) is 1. The van der Waals surface area contributed by atoms with E-state index in [2.05, 4.69) is 0 Å². The molecule has 0 bridgehead atoms. The van der Waals surface area contributed by atoms with Crippen LogP contribution < -0.4 is 4.74 Å². The van der Waals surface area contributed by atoms with Gasteiger partial charge in [0.25, 0.3) is 5.91 Å². The van der Waals surface area contributed by atoms with Gasteiger partial charge in [0, 0.05) is 25.8 Å². The lowest BCUT2D eigenvalue weighted by Crippen LogP contribution is -2.39. The molecule has 1 heterocycles. The molecule has 4 nitrogen and oxygen atoms in total. The number of likely N-dealkylation sites (N-methyl/N-ethyl adjacent to an activating group) is 1. The number of rotatable bonds is 6. The summed E-state index contributed by atoms with van der Waals surface area (Å²) in [7, 11) is 0. The van der Waals surface area contributed by atoms with Crippen LogP contribution in [0.4, 0.5) is 0 Å². The minimum absolute atomic E-state index is 0.0990. The molecule has 1 fully saturated rings. The molecule has 7 heteroatoms. The average molecular weight is 367 g/mol. The van der Waals surface area contributed by atoms with E-state index in [4.69, 9.17) is 44.3 Å². The summed E-state index contributed by atoms with van der Waals surface area (Å²) in [4.78, 5) is 14.0. The largest absolute Gasteiger partial charge is 0.482 e. The number of benzene rings is 1. The lowest BCUT2D eigenvalue weighted by molar-refractivity contribution is -0.134. The van der Waals surface area contributed by atoms with E-state index >= 15 is 0 Å². The van der Waals surface area contributed by atoms with Crippen molar-refractivity contribution in [1.29, 1.82) is 0 Å². The Bertz CT molecular complexity index is 533. The Kier molecular flexibility index (Phi) is 6.63. The van der Waals surface area contributed by atoms with Crippen LogP contribution in [0.3, 0.4) is 0 Å². The van der Waals surface area contributed by atoms with Crippen LogP contribution in [0.5, 0.6) is 5.75 Å². The van der Waals surface area contributed by atoms with Gasteiger partial charge in [0.2, 0.25) is 0 Å². The smallest absolute Gasteiger partial charge is 0.260 e. The van der Waals surface area contributed by atoms with E-state index in [0.717, 1.165) is 19.4 Å². The molecule has 1 atom stereocenters. The van der Waals surface area contributed by atoms with Crippen molar-refractivity contribution in [2.75, 3.05) is 26.3 Å². The molecule has 1 aliphatic heterocycles. The number of carbonyl (C=O) groups is 1. The Hall–Kier alpha value is -0.680. The van der Waals surface area contributed by atoms with Gasteiger partial charge in [0.15, 0.2) is 6.61 Å². The van der Waals surface area contributed by atoms with Crippen LogP contribution in [0, 0.1) is 0 Å². The van der Waals surface area contributed by atoms with Gasteiger partial charge in [-0.05, 0) is 25.8 Å². The quantitative estimate of drug-likeness (QED) is 0.713. The molecule has 1 unspecified atom stereocenters. The van der Waals surface area contributed by atoms with Gasteiger partial charge in [-0.15, -0.1) is 0 Å². The zero-order chi connectivity index (χ0) is 16.1. The molecule has 1 saturated heterocycles. The number of hydrogen-bond donors (Lipinski definition) is 0. The second-order valence-electron chi connectivity index (χ2n) is 5.05. The normalized spacial score (nSPS) is 17.5. The molecule has 1 aromatic rings. The first kappa shape index (κ1) is 17.7. The van der Waals surface area contributed by atoms with Gasteiger partial charge in [0.05, 0.1) is 21.2 Å². The number of ether oxygens (including phenoxy) is 2. The highest BCUT2D eigenvalue weighted by Crippen LogP contribution is 2.33. The molecule has 0 aromatic heterocycles. The topological polar surface area (TPSA) is 38.8 Å².